The van der Waals surface area contributed by atoms with Gasteiger partial charge in [0, 0.05) is 0 Å². The molecular formula is C30H27F2PZr. The van der Waals surface area contributed by atoms with Gasteiger partial charge in [0.1, 0.15) is 0 Å². The minimum atomic E-state index is -0.725. The summed E-state index contributed by atoms with van der Waals surface area (Å²) >= 11 is -0.725. The maximum Gasteiger partial charge on any atom is -1.00 e. The van der Waals surface area contributed by atoms with E-state index in [0.717, 1.165) is 9.54 Å². The second kappa shape index (κ2) is 11.2. The summed E-state index contributed by atoms with van der Waals surface area (Å²) in [5.41, 5.74) is 4.88. The first-order chi connectivity index (χ1) is 15.9. The standard InChI is InChI=1S/C21H16P.C9H11.2FH.Zr/c1-3-11-19(12-4-1)22(20-13-5-2-6-14-20)21-15-17-9-7-8-10-18(17)16-21;1-2-5-9-7-3-6-8(9)4-1;;;/h1-16H;1-2,4,6,9H,3,5,7H2;2*1H;/q;;;;+2/p-2. The molecule has 0 aromatic heterocycles. The summed E-state index contributed by atoms with van der Waals surface area (Å²) in [7, 11) is -0.507. The quantitative estimate of drug-likeness (QED) is 0.424. The Morgan fingerprint density at radius 2 is 1.38 bits per heavy atom. The molecule has 0 spiro atoms. The zero-order valence-electron chi connectivity index (χ0n) is 18.9. The maximum absolute atomic E-state index is 2.58. The van der Waals surface area contributed by atoms with E-state index in [9.17, 15) is 0 Å². The van der Waals surface area contributed by atoms with Gasteiger partial charge in [0.05, 0.1) is 0 Å². The molecule has 0 saturated heterocycles. The average molecular weight is 548 g/mol. The van der Waals surface area contributed by atoms with Crippen molar-refractivity contribution in [3.63, 3.8) is 0 Å². The van der Waals surface area contributed by atoms with Gasteiger partial charge in [-0.25, -0.2) is 0 Å². The third-order valence-electron chi connectivity index (χ3n) is 7.08. The third kappa shape index (κ3) is 4.75. The van der Waals surface area contributed by atoms with E-state index >= 15 is 0 Å². The van der Waals surface area contributed by atoms with Crippen molar-refractivity contribution in [2.24, 2.45) is 5.92 Å². The molecule has 3 unspecified atom stereocenters. The van der Waals surface area contributed by atoms with Crippen LogP contribution in [0.2, 0.25) is 3.63 Å². The molecule has 0 heterocycles. The van der Waals surface area contributed by atoms with Crippen LogP contribution in [-0.4, -0.2) is 0 Å². The molecular weight excluding hydrogens is 521 g/mol. The van der Waals surface area contributed by atoms with Gasteiger partial charge in [-0.05, 0) is 0 Å². The fraction of sp³-hybridized carbons (Fsp3) is 0.200. The molecule has 0 aliphatic heterocycles. The van der Waals surface area contributed by atoms with Gasteiger partial charge in [-0.3, -0.25) is 0 Å². The van der Waals surface area contributed by atoms with Crippen LogP contribution in [0.25, 0.3) is 6.08 Å². The number of fused-ring (bicyclic) bond motifs is 2. The normalized spacial score (nSPS) is 22.0. The summed E-state index contributed by atoms with van der Waals surface area (Å²) in [4.78, 5) is 0. The number of hydrogen-bond donors (Lipinski definition) is 0. The first-order valence-electron chi connectivity index (χ1n) is 11.7. The summed E-state index contributed by atoms with van der Waals surface area (Å²) in [5, 5.41) is 4.68. The fourth-order valence-electron chi connectivity index (χ4n) is 5.57. The fourth-order valence-corrected chi connectivity index (χ4v) is 14.3. The van der Waals surface area contributed by atoms with E-state index in [-0.39, 0.29) is 9.41 Å². The average Bonchev–Trinajstić information content (AvgIpc) is 3.43. The van der Waals surface area contributed by atoms with Crippen LogP contribution in [0.1, 0.15) is 34.0 Å². The van der Waals surface area contributed by atoms with E-state index in [2.05, 4.69) is 109 Å². The molecule has 3 aromatic carbocycles. The molecule has 0 amide bonds. The Morgan fingerprint density at radius 1 is 0.735 bits per heavy atom. The van der Waals surface area contributed by atoms with Gasteiger partial charge >= 0.3 is 205 Å². The number of benzene rings is 3. The first-order valence-corrected chi connectivity index (χ1v) is 15.9. The molecule has 3 atom stereocenters. The smallest absolute Gasteiger partial charge is 1.00 e. The first kappa shape index (κ1) is 25.2. The summed E-state index contributed by atoms with van der Waals surface area (Å²) in [6, 6.07) is 31.8. The Morgan fingerprint density at radius 3 is 2.09 bits per heavy atom. The predicted octanol–water partition coefficient (Wildman–Crippen LogP) is 1.39. The van der Waals surface area contributed by atoms with Gasteiger partial charge in [-0.2, -0.15) is 0 Å². The zero-order chi connectivity index (χ0) is 21.3. The number of allylic oxidation sites excluding steroid dienone is 5. The Bertz CT molecular complexity index is 1160. The van der Waals surface area contributed by atoms with Crippen molar-refractivity contribution >= 4 is 24.6 Å². The Hall–Kier alpha value is -1.95. The number of hydrogen-bond acceptors (Lipinski definition) is 0. The predicted molar refractivity (Wildman–Crippen MR) is 135 cm³/mol. The Balaban J connectivity index is 0.00000137. The summed E-state index contributed by atoms with van der Waals surface area (Å²) in [6.45, 7) is 0. The summed E-state index contributed by atoms with van der Waals surface area (Å²) < 4.78 is 1.56. The Labute approximate surface area is 213 Å². The molecule has 170 valence electrons. The molecule has 3 aliphatic rings. The molecule has 1 saturated carbocycles. The van der Waals surface area contributed by atoms with Crippen LogP contribution in [0.4, 0.5) is 0 Å². The van der Waals surface area contributed by atoms with E-state index in [4.69, 9.17) is 0 Å². The largest absolute Gasteiger partial charge is 1.00 e. The van der Waals surface area contributed by atoms with Crippen LogP contribution in [-0.2, 0) is 23.2 Å². The van der Waals surface area contributed by atoms with E-state index in [1.165, 1.54) is 35.4 Å². The van der Waals surface area contributed by atoms with Crippen molar-refractivity contribution in [3.05, 3.63) is 125 Å². The van der Waals surface area contributed by atoms with Crippen molar-refractivity contribution in [1.82, 2.24) is 0 Å². The molecule has 3 aliphatic carbocycles. The SMILES string of the molecule is C1=CCC2CC[CH]([Zr+2][CH]3C(P(c4ccccc4)c4ccccc4)=Cc4ccccc43)C2=C1.[F-].[F-]. The van der Waals surface area contributed by atoms with E-state index < -0.39 is 31.2 Å². The van der Waals surface area contributed by atoms with Gasteiger partial charge in [-0.15, -0.1) is 0 Å². The van der Waals surface area contributed by atoms with E-state index in [1.807, 2.05) is 0 Å². The van der Waals surface area contributed by atoms with E-state index in [0.29, 0.717) is 3.63 Å². The minimum Gasteiger partial charge on any atom is -1.00 e. The van der Waals surface area contributed by atoms with Crippen LogP contribution in [0.5, 0.6) is 0 Å². The van der Waals surface area contributed by atoms with Crippen molar-refractivity contribution in [2.45, 2.75) is 26.5 Å². The molecule has 3 aromatic rings. The van der Waals surface area contributed by atoms with E-state index in [1.54, 1.807) is 16.5 Å². The summed E-state index contributed by atoms with van der Waals surface area (Å²) in [6.07, 6.45) is 13.9. The molecule has 6 rings (SSSR count). The molecule has 0 radical (unpaired) electrons. The second-order valence-corrected chi connectivity index (χ2v) is 15.1. The van der Waals surface area contributed by atoms with Crippen molar-refractivity contribution in [3.8, 4) is 0 Å². The van der Waals surface area contributed by atoms with Gasteiger partial charge in [0.15, 0.2) is 0 Å². The maximum atomic E-state index is 2.58. The van der Waals surface area contributed by atoms with Crippen LogP contribution < -0.4 is 20.0 Å². The van der Waals surface area contributed by atoms with Gasteiger partial charge in [0.25, 0.3) is 0 Å². The molecule has 0 N–H and O–H groups in total. The third-order valence-corrected chi connectivity index (χ3v) is 15.1. The van der Waals surface area contributed by atoms with Crippen molar-refractivity contribution in [1.29, 1.82) is 0 Å². The number of rotatable bonds is 5. The molecule has 1 fully saturated rings. The van der Waals surface area contributed by atoms with Gasteiger partial charge in [0.2, 0.25) is 0 Å². The van der Waals surface area contributed by atoms with Crippen molar-refractivity contribution in [2.75, 3.05) is 0 Å². The van der Waals surface area contributed by atoms with Crippen LogP contribution in [0, 0.1) is 5.92 Å². The molecule has 34 heavy (non-hydrogen) atoms. The van der Waals surface area contributed by atoms with Gasteiger partial charge < -0.3 is 9.41 Å². The topological polar surface area (TPSA) is 0 Å². The number of halogens is 2. The summed E-state index contributed by atoms with van der Waals surface area (Å²) in [5.74, 6) is 0.833. The molecule has 4 heteroatoms. The molecule has 0 nitrogen and oxygen atoms in total. The molecule has 0 bridgehead atoms. The second-order valence-electron chi connectivity index (χ2n) is 8.96. The van der Waals surface area contributed by atoms with Crippen LogP contribution >= 0.6 is 7.92 Å². The monoisotopic (exact) mass is 546 g/mol. The van der Waals surface area contributed by atoms with Crippen LogP contribution in [0.3, 0.4) is 0 Å². The van der Waals surface area contributed by atoms with Gasteiger partial charge in [-0.1, -0.05) is 0 Å². The van der Waals surface area contributed by atoms with Crippen molar-refractivity contribution < 1.29 is 32.6 Å². The zero-order valence-corrected chi connectivity index (χ0v) is 22.3. The minimum absolute atomic E-state index is 0. The Kier molecular flexibility index (Phi) is 8.28. The van der Waals surface area contributed by atoms with Crippen LogP contribution in [0.15, 0.2) is 114 Å².